The molecule has 0 N–H and O–H groups in total. The molecule has 0 radical (unpaired) electrons. The smallest absolute Gasteiger partial charge is 0.192 e. The van der Waals surface area contributed by atoms with Crippen molar-refractivity contribution in [2.24, 2.45) is 0 Å². The largest absolute Gasteiger partial charge is 0.496 e. The molecule has 2 aromatic heterocycles. The number of hydrogen-bond donors (Lipinski definition) is 0. The summed E-state index contributed by atoms with van der Waals surface area (Å²) in [6.07, 6.45) is 1.63. The monoisotopic (exact) mass is 326 g/mol. The lowest BCUT2D eigenvalue weighted by molar-refractivity contribution is 0.415. The fourth-order valence-corrected chi connectivity index (χ4v) is 2.82. The average molecular weight is 326 g/mol. The van der Waals surface area contributed by atoms with Crippen molar-refractivity contribution in [2.45, 2.75) is 11.7 Å². The lowest BCUT2D eigenvalue weighted by Gasteiger charge is -2.10. The van der Waals surface area contributed by atoms with E-state index in [0.29, 0.717) is 23.3 Å². The summed E-state index contributed by atoms with van der Waals surface area (Å²) in [7, 11) is 1.62. The van der Waals surface area contributed by atoms with Gasteiger partial charge in [0.2, 0.25) is 0 Å². The first-order chi connectivity index (χ1) is 11.3. The minimum Gasteiger partial charge on any atom is -0.496 e. The molecule has 1 aromatic carbocycles. The van der Waals surface area contributed by atoms with Crippen LogP contribution in [0.2, 0.25) is 0 Å². The first-order valence-electron chi connectivity index (χ1n) is 6.92. The summed E-state index contributed by atoms with van der Waals surface area (Å²) in [4.78, 5) is 0. The van der Waals surface area contributed by atoms with Gasteiger partial charge in [0, 0.05) is 0 Å². The molecule has 0 aliphatic heterocycles. The Kier molecular flexibility index (Phi) is 4.64. The summed E-state index contributed by atoms with van der Waals surface area (Å²) in [5, 5.41) is 18.0. The Bertz CT molecular complexity index is 821. The Labute approximate surface area is 137 Å². The number of hydrogen-bond acceptors (Lipinski definition) is 6. The Hall–Kier alpha value is -2.72. The van der Waals surface area contributed by atoms with Crippen molar-refractivity contribution in [3.63, 3.8) is 0 Å². The van der Waals surface area contributed by atoms with Crippen molar-refractivity contribution in [3.8, 4) is 23.2 Å². The zero-order chi connectivity index (χ0) is 16.1. The van der Waals surface area contributed by atoms with Crippen LogP contribution in [0.5, 0.6) is 5.75 Å². The van der Waals surface area contributed by atoms with Gasteiger partial charge < -0.3 is 9.15 Å². The summed E-state index contributed by atoms with van der Waals surface area (Å²) in [6.45, 7) is 0.487. The van der Waals surface area contributed by atoms with Gasteiger partial charge in [-0.1, -0.05) is 23.9 Å². The van der Waals surface area contributed by atoms with E-state index in [1.807, 2.05) is 41.0 Å². The van der Waals surface area contributed by atoms with Crippen LogP contribution in [0.3, 0.4) is 0 Å². The van der Waals surface area contributed by atoms with Crippen molar-refractivity contribution in [2.75, 3.05) is 12.9 Å². The number of benzene rings is 1. The highest BCUT2D eigenvalue weighted by Gasteiger charge is 2.18. The van der Waals surface area contributed by atoms with Gasteiger partial charge in [-0.25, -0.2) is 0 Å². The van der Waals surface area contributed by atoms with Crippen molar-refractivity contribution in [3.05, 3.63) is 48.4 Å². The standard InChI is InChI=1S/C16H14N4O2S/c1-21-14-7-3-2-6-13(14)15-18-19-16(23-10-8-17)20(15)11-12-5-4-9-22-12/h2-7,9H,10-11H2,1H3. The SMILES string of the molecule is COc1ccccc1-c1nnc(SCC#N)n1Cc1ccco1. The van der Waals surface area contributed by atoms with Crippen LogP contribution in [0.15, 0.2) is 52.2 Å². The molecule has 0 saturated carbocycles. The molecular formula is C16H14N4O2S. The molecule has 2 heterocycles. The summed E-state index contributed by atoms with van der Waals surface area (Å²) in [6, 6.07) is 13.5. The van der Waals surface area contributed by atoms with Gasteiger partial charge in [0.25, 0.3) is 0 Å². The zero-order valence-electron chi connectivity index (χ0n) is 12.5. The van der Waals surface area contributed by atoms with E-state index in [0.717, 1.165) is 17.1 Å². The topological polar surface area (TPSA) is 76.9 Å². The Balaban J connectivity index is 2.05. The van der Waals surface area contributed by atoms with Crippen LogP contribution in [0.1, 0.15) is 5.76 Å². The van der Waals surface area contributed by atoms with Crippen LogP contribution in [0.25, 0.3) is 11.4 Å². The Morgan fingerprint density at radius 1 is 1.26 bits per heavy atom. The number of nitriles is 1. The molecule has 3 aromatic rings. The molecule has 3 rings (SSSR count). The molecule has 0 aliphatic rings. The number of furan rings is 1. The molecule has 0 fully saturated rings. The molecule has 0 spiro atoms. The number of thioether (sulfide) groups is 1. The minimum absolute atomic E-state index is 0.308. The molecule has 116 valence electrons. The van der Waals surface area contributed by atoms with E-state index < -0.39 is 0 Å². The van der Waals surface area contributed by atoms with Gasteiger partial charge >= 0.3 is 0 Å². The number of rotatable bonds is 6. The van der Waals surface area contributed by atoms with Crippen LogP contribution < -0.4 is 4.74 Å². The number of para-hydroxylation sites is 1. The molecule has 23 heavy (non-hydrogen) atoms. The molecule has 0 saturated heterocycles. The summed E-state index contributed by atoms with van der Waals surface area (Å²) < 4.78 is 12.8. The fraction of sp³-hybridized carbons (Fsp3) is 0.188. The second kappa shape index (κ2) is 7.03. The molecule has 0 amide bonds. The van der Waals surface area contributed by atoms with Gasteiger partial charge in [-0.15, -0.1) is 10.2 Å². The van der Waals surface area contributed by atoms with Gasteiger partial charge in [-0.3, -0.25) is 4.57 Å². The van der Waals surface area contributed by atoms with Crippen molar-refractivity contribution >= 4 is 11.8 Å². The Morgan fingerprint density at radius 3 is 2.87 bits per heavy atom. The maximum Gasteiger partial charge on any atom is 0.192 e. The van der Waals surface area contributed by atoms with Crippen LogP contribution >= 0.6 is 11.8 Å². The first kappa shape index (κ1) is 15.2. The van der Waals surface area contributed by atoms with Crippen molar-refractivity contribution in [1.82, 2.24) is 14.8 Å². The maximum atomic E-state index is 8.81. The second-order valence-electron chi connectivity index (χ2n) is 4.62. The molecule has 0 bridgehead atoms. The normalized spacial score (nSPS) is 10.4. The van der Waals surface area contributed by atoms with E-state index in [-0.39, 0.29) is 0 Å². The summed E-state index contributed by atoms with van der Waals surface area (Å²) in [5.41, 5.74) is 0.845. The number of methoxy groups -OCH3 is 1. The van der Waals surface area contributed by atoms with Gasteiger partial charge in [-0.2, -0.15) is 5.26 Å². The molecule has 0 aliphatic carbocycles. The van der Waals surface area contributed by atoms with E-state index in [1.165, 1.54) is 11.8 Å². The predicted octanol–water partition coefficient (Wildman–Crippen LogP) is 3.21. The van der Waals surface area contributed by atoms with Crippen molar-refractivity contribution < 1.29 is 9.15 Å². The molecule has 0 atom stereocenters. The van der Waals surface area contributed by atoms with Crippen LogP contribution in [-0.2, 0) is 6.54 Å². The fourth-order valence-electron chi connectivity index (χ4n) is 2.22. The average Bonchev–Trinajstić information content (AvgIpc) is 3.23. The molecule has 0 unspecified atom stereocenters. The highest BCUT2D eigenvalue weighted by Crippen LogP contribution is 2.31. The zero-order valence-corrected chi connectivity index (χ0v) is 13.3. The maximum absolute atomic E-state index is 8.81. The van der Waals surface area contributed by atoms with E-state index in [1.54, 1.807) is 13.4 Å². The number of ether oxygens (including phenoxy) is 1. The first-order valence-corrected chi connectivity index (χ1v) is 7.90. The van der Waals surface area contributed by atoms with Gasteiger partial charge in [0.05, 0.1) is 37.3 Å². The molecule has 7 heteroatoms. The second-order valence-corrected chi connectivity index (χ2v) is 5.56. The summed E-state index contributed by atoms with van der Waals surface area (Å²) >= 11 is 1.34. The highest BCUT2D eigenvalue weighted by molar-refractivity contribution is 7.99. The lowest BCUT2D eigenvalue weighted by atomic mass is 10.2. The number of nitrogens with zero attached hydrogens (tertiary/aromatic N) is 4. The quantitative estimate of drug-likeness (QED) is 0.647. The van der Waals surface area contributed by atoms with Gasteiger partial charge in [0.15, 0.2) is 11.0 Å². The van der Waals surface area contributed by atoms with E-state index in [2.05, 4.69) is 16.3 Å². The van der Waals surface area contributed by atoms with Crippen LogP contribution in [-0.4, -0.2) is 27.6 Å². The molecule has 6 nitrogen and oxygen atoms in total. The predicted molar refractivity (Wildman–Crippen MR) is 86.2 cm³/mol. The van der Waals surface area contributed by atoms with E-state index in [4.69, 9.17) is 14.4 Å². The minimum atomic E-state index is 0.308. The highest BCUT2D eigenvalue weighted by atomic mass is 32.2. The Morgan fingerprint density at radius 2 is 2.13 bits per heavy atom. The third-order valence-electron chi connectivity index (χ3n) is 3.22. The molecular weight excluding hydrogens is 312 g/mol. The van der Waals surface area contributed by atoms with Gasteiger partial charge in [-0.05, 0) is 24.3 Å². The third-order valence-corrected chi connectivity index (χ3v) is 4.06. The van der Waals surface area contributed by atoms with E-state index >= 15 is 0 Å². The van der Waals surface area contributed by atoms with E-state index in [9.17, 15) is 0 Å². The third kappa shape index (κ3) is 3.22. The number of aromatic nitrogens is 3. The van der Waals surface area contributed by atoms with Crippen molar-refractivity contribution in [1.29, 1.82) is 5.26 Å². The van der Waals surface area contributed by atoms with Gasteiger partial charge in [0.1, 0.15) is 11.5 Å². The van der Waals surface area contributed by atoms with Crippen LogP contribution in [0, 0.1) is 11.3 Å². The van der Waals surface area contributed by atoms with Crippen LogP contribution in [0.4, 0.5) is 0 Å². The lowest BCUT2D eigenvalue weighted by Crippen LogP contribution is -2.04. The summed E-state index contributed by atoms with van der Waals surface area (Å²) in [5.74, 6) is 2.50.